The van der Waals surface area contributed by atoms with E-state index in [2.05, 4.69) is 10.6 Å². The number of carboxylic acids is 1. The van der Waals surface area contributed by atoms with E-state index in [0.29, 0.717) is 24.9 Å². The highest BCUT2D eigenvalue weighted by Gasteiger charge is 2.10. The Morgan fingerprint density at radius 2 is 1.95 bits per heavy atom. The van der Waals surface area contributed by atoms with Crippen molar-refractivity contribution in [3.63, 3.8) is 0 Å². The third-order valence-corrected chi connectivity index (χ3v) is 2.96. The summed E-state index contributed by atoms with van der Waals surface area (Å²) in [5.74, 6) is -3.21. The van der Waals surface area contributed by atoms with Crippen molar-refractivity contribution in [2.45, 2.75) is 26.3 Å². The average Bonchev–Trinajstić information content (AvgIpc) is 2.44. The van der Waals surface area contributed by atoms with Crippen LogP contribution in [0.5, 0.6) is 0 Å². The molecule has 1 atom stereocenters. The number of carbonyl (C=O) groups is 2. The number of rotatable bonds is 7. The Kier molecular flexibility index (Phi) is 6.58. The lowest BCUT2D eigenvalue weighted by Crippen LogP contribution is -2.35. The van der Waals surface area contributed by atoms with E-state index in [-0.39, 0.29) is 6.54 Å². The molecule has 1 rings (SSSR count). The molecule has 21 heavy (non-hydrogen) atoms. The molecular formula is C14H18F2N2O3. The molecule has 1 aromatic carbocycles. The first-order valence-corrected chi connectivity index (χ1v) is 6.58. The Morgan fingerprint density at radius 3 is 2.57 bits per heavy atom. The van der Waals surface area contributed by atoms with Crippen LogP contribution >= 0.6 is 0 Å². The summed E-state index contributed by atoms with van der Waals surface area (Å²) in [7, 11) is 0. The van der Waals surface area contributed by atoms with Gasteiger partial charge < -0.3 is 15.7 Å². The number of nitrogens with one attached hydrogen (secondary N) is 2. The third kappa shape index (κ3) is 6.20. The molecule has 7 heteroatoms. The molecule has 1 unspecified atom stereocenters. The van der Waals surface area contributed by atoms with Crippen molar-refractivity contribution < 1.29 is 23.5 Å². The molecule has 0 aromatic heterocycles. The maximum Gasteiger partial charge on any atom is 0.315 e. The number of aliphatic carboxylic acids is 1. The Hall–Kier alpha value is -2.18. The summed E-state index contributed by atoms with van der Waals surface area (Å²) in [6, 6.07) is 2.96. The number of carbonyl (C=O) groups excluding carboxylic acids is 1. The molecule has 5 nitrogen and oxygen atoms in total. The lowest BCUT2D eigenvalue weighted by atomic mass is 10.1. The molecule has 2 amide bonds. The van der Waals surface area contributed by atoms with Gasteiger partial charge in [0.1, 0.15) is 0 Å². The molecule has 0 heterocycles. The molecule has 0 saturated heterocycles. The summed E-state index contributed by atoms with van der Waals surface area (Å²) in [6.45, 7) is 2.03. The molecule has 0 radical (unpaired) electrons. The van der Waals surface area contributed by atoms with Crippen molar-refractivity contribution in [1.82, 2.24) is 10.6 Å². The van der Waals surface area contributed by atoms with Crippen molar-refractivity contribution >= 4 is 12.0 Å². The van der Waals surface area contributed by atoms with Crippen LogP contribution in [-0.4, -0.2) is 23.7 Å². The maximum absolute atomic E-state index is 12.9. The van der Waals surface area contributed by atoms with Crippen molar-refractivity contribution in [2.24, 2.45) is 5.92 Å². The number of hydrogen-bond acceptors (Lipinski definition) is 2. The monoisotopic (exact) mass is 300 g/mol. The van der Waals surface area contributed by atoms with Gasteiger partial charge in [-0.1, -0.05) is 13.0 Å². The van der Waals surface area contributed by atoms with Crippen molar-refractivity contribution in [1.29, 1.82) is 0 Å². The Labute approximate surface area is 121 Å². The molecular weight excluding hydrogens is 282 g/mol. The van der Waals surface area contributed by atoms with Crippen LogP contribution < -0.4 is 10.6 Å². The van der Waals surface area contributed by atoms with E-state index < -0.39 is 29.6 Å². The summed E-state index contributed by atoms with van der Waals surface area (Å²) in [4.78, 5) is 22.0. The fourth-order valence-electron chi connectivity index (χ4n) is 1.63. The summed E-state index contributed by atoms with van der Waals surface area (Å²) < 4.78 is 25.7. The van der Waals surface area contributed by atoms with Gasteiger partial charge in [0.15, 0.2) is 11.6 Å². The van der Waals surface area contributed by atoms with Crippen LogP contribution in [0.15, 0.2) is 18.2 Å². The fourth-order valence-corrected chi connectivity index (χ4v) is 1.63. The van der Waals surface area contributed by atoms with Gasteiger partial charge in [0, 0.05) is 13.1 Å². The summed E-state index contributed by atoms with van der Waals surface area (Å²) >= 11 is 0. The second-order valence-electron chi connectivity index (χ2n) is 4.74. The average molecular weight is 300 g/mol. The van der Waals surface area contributed by atoms with Crippen LogP contribution in [0.3, 0.4) is 0 Å². The number of halogens is 2. The first-order valence-electron chi connectivity index (χ1n) is 6.58. The number of urea groups is 1. The van der Waals surface area contributed by atoms with Crippen LogP contribution in [0.1, 0.15) is 25.3 Å². The smallest absolute Gasteiger partial charge is 0.315 e. The number of amides is 2. The van der Waals surface area contributed by atoms with Gasteiger partial charge in [-0.05, 0) is 30.5 Å². The highest BCUT2D eigenvalue weighted by molar-refractivity contribution is 5.73. The Balaban J connectivity index is 2.22. The fraction of sp³-hybridized carbons (Fsp3) is 0.429. The molecule has 0 aliphatic carbocycles. The Bertz CT molecular complexity index is 509. The quantitative estimate of drug-likeness (QED) is 0.676. The van der Waals surface area contributed by atoms with Gasteiger partial charge in [-0.2, -0.15) is 0 Å². The summed E-state index contributed by atoms with van der Waals surface area (Å²) in [5, 5.41) is 13.7. The van der Waals surface area contributed by atoms with Crippen molar-refractivity contribution in [3.05, 3.63) is 35.4 Å². The number of hydrogen-bond donors (Lipinski definition) is 3. The van der Waals surface area contributed by atoms with Crippen molar-refractivity contribution in [2.75, 3.05) is 6.54 Å². The van der Waals surface area contributed by atoms with E-state index >= 15 is 0 Å². The molecule has 0 fully saturated rings. The van der Waals surface area contributed by atoms with Gasteiger partial charge in [0.2, 0.25) is 0 Å². The molecule has 0 saturated carbocycles. The molecule has 0 aliphatic heterocycles. The minimum Gasteiger partial charge on any atom is -0.481 e. The lowest BCUT2D eigenvalue weighted by Gasteiger charge is -2.09. The molecule has 1 aromatic rings. The lowest BCUT2D eigenvalue weighted by molar-refractivity contribution is -0.141. The van der Waals surface area contributed by atoms with Gasteiger partial charge in [0.25, 0.3) is 0 Å². The standard InChI is InChI=1S/C14H18F2N2O3/c1-9(13(19)20)3-2-6-17-14(21)18-8-10-4-5-11(15)12(16)7-10/h4-5,7,9H,2-3,6,8H2,1H3,(H,19,20)(H2,17,18,21). The Morgan fingerprint density at radius 1 is 1.24 bits per heavy atom. The SMILES string of the molecule is CC(CCCNC(=O)NCc1ccc(F)c(F)c1)C(=O)O. The zero-order chi connectivity index (χ0) is 15.8. The van der Waals surface area contributed by atoms with Gasteiger partial charge in [-0.3, -0.25) is 4.79 Å². The highest BCUT2D eigenvalue weighted by atomic mass is 19.2. The van der Waals surface area contributed by atoms with Crippen LogP contribution in [0, 0.1) is 17.6 Å². The summed E-state index contributed by atoms with van der Waals surface area (Å²) in [6.07, 6.45) is 1.02. The van der Waals surface area contributed by atoms with E-state index in [0.717, 1.165) is 12.1 Å². The van der Waals surface area contributed by atoms with Crippen LogP contribution in [0.4, 0.5) is 13.6 Å². The van der Waals surface area contributed by atoms with Crippen molar-refractivity contribution in [3.8, 4) is 0 Å². The largest absolute Gasteiger partial charge is 0.481 e. The van der Waals surface area contributed by atoms with Crippen LogP contribution in [0.2, 0.25) is 0 Å². The van der Waals surface area contributed by atoms with E-state index in [4.69, 9.17) is 5.11 Å². The molecule has 3 N–H and O–H groups in total. The normalized spacial score (nSPS) is 11.8. The van der Waals surface area contributed by atoms with E-state index in [1.807, 2.05) is 0 Å². The van der Waals surface area contributed by atoms with Crippen LogP contribution in [-0.2, 0) is 11.3 Å². The van der Waals surface area contributed by atoms with E-state index in [1.54, 1.807) is 6.92 Å². The molecule has 0 aliphatic rings. The van der Waals surface area contributed by atoms with Gasteiger partial charge in [-0.15, -0.1) is 0 Å². The zero-order valence-corrected chi connectivity index (χ0v) is 11.7. The molecule has 116 valence electrons. The minimum absolute atomic E-state index is 0.0779. The minimum atomic E-state index is -0.961. The topological polar surface area (TPSA) is 78.4 Å². The first-order chi connectivity index (χ1) is 9.90. The predicted octanol–water partition coefficient (Wildman–Crippen LogP) is 2.26. The molecule has 0 bridgehead atoms. The van der Waals surface area contributed by atoms with Gasteiger partial charge in [0.05, 0.1) is 5.92 Å². The first kappa shape index (κ1) is 16.9. The van der Waals surface area contributed by atoms with E-state index in [9.17, 15) is 18.4 Å². The zero-order valence-electron chi connectivity index (χ0n) is 11.7. The van der Waals surface area contributed by atoms with E-state index in [1.165, 1.54) is 6.07 Å². The third-order valence-electron chi connectivity index (χ3n) is 2.96. The van der Waals surface area contributed by atoms with Crippen LogP contribution in [0.25, 0.3) is 0 Å². The predicted molar refractivity (Wildman–Crippen MR) is 72.6 cm³/mol. The second kappa shape index (κ2) is 8.18. The maximum atomic E-state index is 12.9. The van der Waals surface area contributed by atoms with Gasteiger partial charge in [-0.25, -0.2) is 13.6 Å². The molecule has 0 spiro atoms. The summed E-state index contributed by atoms with van der Waals surface area (Å²) in [5.41, 5.74) is 0.448. The highest BCUT2D eigenvalue weighted by Crippen LogP contribution is 2.08. The number of benzene rings is 1. The van der Waals surface area contributed by atoms with Gasteiger partial charge >= 0.3 is 12.0 Å². The number of carboxylic acid groups (broad SMARTS) is 1. The second-order valence-corrected chi connectivity index (χ2v) is 4.74.